The molecule has 1 fully saturated rings. The Kier molecular flexibility index (Phi) is 3.90. The molecule has 6 heteroatoms. The second-order valence-corrected chi connectivity index (χ2v) is 5.10. The van der Waals surface area contributed by atoms with E-state index in [9.17, 15) is 4.79 Å². The molecule has 0 aromatic carbocycles. The summed E-state index contributed by atoms with van der Waals surface area (Å²) in [7, 11) is 2.10. The van der Waals surface area contributed by atoms with E-state index in [1.807, 2.05) is 0 Å². The first-order valence-electron chi connectivity index (χ1n) is 6.43. The van der Waals surface area contributed by atoms with Crippen LogP contribution in [0.4, 0.5) is 11.5 Å². The number of hydrogen-bond acceptors (Lipinski definition) is 5. The van der Waals surface area contributed by atoms with Crippen LogP contribution in [0.2, 0.25) is 0 Å². The van der Waals surface area contributed by atoms with Crippen LogP contribution in [-0.2, 0) is 0 Å². The minimum Gasteiger partial charge on any atom is -0.478 e. The molecule has 1 aliphatic rings. The highest BCUT2D eigenvalue weighted by Crippen LogP contribution is 2.25. The molecule has 3 N–H and O–H groups in total. The van der Waals surface area contributed by atoms with Gasteiger partial charge in [-0.05, 0) is 33.0 Å². The number of hydrogen-bond donors (Lipinski definition) is 2. The van der Waals surface area contributed by atoms with E-state index in [-0.39, 0.29) is 5.56 Å². The Hall–Kier alpha value is -1.82. The number of pyridine rings is 1. The van der Waals surface area contributed by atoms with E-state index < -0.39 is 5.97 Å². The summed E-state index contributed by atoms with van der Waals surface area (Å²) in [4.78, 5) is 19.6. The smallest absolute Gasteiger partial charge is 0.337 e. The first kappa shape index (κ1) is 13.6. The van der Waals surface area contributed by atoms with Crippen LogP contribution in [0.25, 0.3) is 0 Å². The summed E-state index contributed by atoms with van der Waals surface area (Å²) in [6.45, 7) is 5.01. The molecule has 1 aliphatic heterocycles. The molecule has 19 heavy (non-hydrogen) atoms. The number of carboxylic acids is 1. The molecule has 0 spiro atoms. The first-order chi connectivity index (χ1) is 8.99. The molecule has 1 aromatic heterocycles. The number of anilines is 2. The number of carboxylic acid groups (broad SMARTS) is 1. The number of nitrogens with zero attached hydrogens (tertiary/aromatic N) is 3. The molecule has 2 rings (SSSR count). The van der Waals surface area contributed by atoms with Crippen molar-refractivity contribution < 1.29 is 9.90 Å². The molecule has 6 nitrogen and oxygen atoms in total. The molecular weight excluding hydrogens is 244 g/mol. The Bertz CT molecular complexity index is 478. The second kappa shape index (κ2) is 5.44. The van der Waals surface area contributed by atoms with E-state index in [0.717, 1.165) is 26.1 Å². The molecule has 0 aliphatic carbocycles. The van der Waals surface area contributed by atoms with Crippen molar-refractivity contribution in [2.24, 2.45) is 0 Å². The molecule has 0 amide bonds. The Labute approximate surface area is 112 Å². The van der Waals surface area contributed by atoms with Gasteiger partial charge in [0.05, 0.1) is 11.3 Å². The predicted molar refractivity (Wildman–Crippen MR) is 74.5 cm³/mol. The van der Waals surface area contributed by atoms with Crippen molar-refractivity contribution in [2.75, 3.05) is 37.3 Å². The molecule has 0 saturated carbocycles. The number of aromatic nitrogens is 1. The van der Waals surface area contributed by atoms with Crippen LogP contribution in [0.3, 0.4) is 0 Å². The average molecular weight is 264 g/mol. The quantitative estimate of drug-likeness (QED) is 0.825. The van der Waals surface area contributed by atoms with E-state index in [0.29, 0.717) is 17.5 Å². The van der Waals surface area contributed by atoms with Gasteiger partial charge < -0.3 is 20.6 Å². The number of rotatable bonds is 2. The Morgan fingerprint density at radius 3 is 2.89 bits per heavy atom. The third-order valence-corrected chi connectivity index (χ3v) is 3.46. The maximum absolute atomic E-state index is 10.9. The van der Waals surface area contributed by atoms with Gasteiger partial charge in [0.2, 0.25) is 0 Å². The van der Waals surface area contributed by atoms with Crippen LogP contribution in [0.15, 0.2) is 12.3 Å². The molecule has 0 bridgehead atoms. The van der Waals surface area contributed by atoms with E-state index in [4.69, 9.17) is 10.8 Å². The van der Waals surface area contributed by atoms with Crippen LogP contribution < -0.4 is 10.6 Å². The number of nitrogens with two attached hydrogens (primary N) is 1. The maximum atomic E-state index is 10.9. The topological polar surface area (TPSA) is 82.7 Å². The van der Waals surface area contributed by atoms with Crippen molar-refractivity contribution in [1.82, 2.24) is 9.88 Å². The summed E-state index contributed by atoms with van der Waals surface area (Å²) >= 11 is 0. The second-order valence-electron chi connectivity index (χ2n) is 5.10. The maximum Gasteiger partial charge on any atom is 0.337 e. The lowest BCUT2D eigenvalue weighted by molar-refractivity contribution is 0.0696. The fourth-order valence-corrected chi connectivity index (χ4v) is 2.52. The highest BCUT2D eigenvalue weighted by Gasteiger charge is 2.22. The van der Waals surface area contributed by atoms with Crippen molar-refractivity contribution in [1.29, 1.82) is 0 Å². The molecule has 2 heterocycles. The number of aromatic carboxylic acids is 1. The van der Waals surface area contributed by atoms with E-state index in [1.54, 1.807) is 0 Å². The van der Waals surface area contributed by atoms with Crippen molar-refractivity contribution in [3.63, 3.8) is 0 Å². The summed E-state index contributed by atoms with van der Waals surface area (Å²) in [6, 6.07) is 1.78. The Morgan fingerprint density at radius 1 is 1.53 bits per heavy atom. The lowest BCUT2D eigenvalue weighted by atomic mass is 10.2. The van der Waals surface area contributed by atoms with Gasteiger partial charge in [0.25, 0.3) is 0 Å². The van der Waals surface area contributed by atoms with Gasteiger partial charge in [0.15, 0.2) is 5.82 Å². The monoisotopic (exact) mass is 264 g/mol. The third kappa shape index (κ3) is 2.96. The molecule has 1 aromatic rings. The van der Waals surface area contributed by atoms with Gasteiger partial charge in [-0.1, -0.05) is 0 Å². The van der Waals surface area contributed by atoms with Crippen molar-refractivity contribution in [3.8, 4) is 0 Å². The largest absolute Gasteiger partial charge is 0.478 e. The van der Waals surface area contributed by atoms with Gasteiger partial charge >= 0.3 is 5.97 Å². The predicted octanol–water partition coefficient (Wildman–Crippen LogP) is 0.892. The molecular formula is C13H20N4O2. The summed E-state index contributed by atoms with van der Waals surface area (Å²) in [5.41, 5.74) is 6.51. The Morgan fingerprint density at radius 2 is 2.26 bits per heavy atom. The van der Waals surface area contributed by atoms with Gasteiger partial charge in [0, 0.05) is 25.3 Å². The van der Waals surface area contributed by atoms with Gasteiger partial charge in [-0.2, -0.15) is 0 Å². The van der Waals surface area contributed by atoms with Crippen LogP contribution >= 0.6 is 0 Å². The Balaban J connectivity index is 2.27. The minimum absolute atomic E-state index is 0.126. The normalized spacial score (nSPS) is 21.2. The highest BCUT2D eigenvalue weighted by molar-refractivity contribution is 5.89. The van der Waals surface area contributed by atoms with Gasteiger partial charge in [-0.3, -0.25) is 0 Å². The number of nitrogen functional groups attached to an aromatic ring is 1. The lowest BCUT2D eigenvalue weighted by Crippen LogP contribution is -2.38. The zero-order valence-corrected chi connectivity index (χ0v) is 11.3. The van der Waals surface area contributed by atoms with Crippen molar-refractivity contribution in [3.05, 3.63) is 17.8 Å². The zero-order chi connectivity index (χ0) is 14.0. The number of likely N-dealkylation sites (N-methyl/N-ethyl adjacent to an activating group) is 1. The van der Waals surface area contributed by atoms with Gasteiger partial charge in [-0.15, -0.1) is 0 Å². The van der Waals surface area contributed by atoms with E-state index in [1.165, 1.54) is 12.3 Å². The number of carbonyl (C=O) groups is 1. The molecule has 1 atom stereocenters. The van der Waals surface area contributed by atoms with Gasteiger partial charge in [-0.25, -0.2) is 9.78 Å². The van der Waals surface area contributed by atoms with E-state index in [2.05, 4.69) is 28.8 Å². The molecule has 0 radical (unpaired) electrons. The fourth-order valence-electron chi connectivity index (χ4n) is 2.52. The van der Waals surface area contributed by atoms with Gasteiger partial charge in [0.1, 0.15) is 0 Å². The van der Waals surface area contributed by atoms with Crippen LogP contribution in [0.5, 0.6) is 0 Å². The summed E-state index contributed by atoms with van der Waals surface area (Å²) in [5, 5.41) is 8.93. The standard InChI is InChI=1S/C13H20N4O2/c1-9-8-16(2)4-3-5-17(9)12-11(14)6-10(7-15-12)13(18)19/h6-7,9H,3-5,8,14H2,1-2H3,(H,18,19). The zero-order valence-electron chi connectivity index (χ0n) is 11.3. The average Bonchev–Trinajstić information content (AvgIpc) is 2.50. The summed E-state index contributed by atoms with van der Waals surface area (Å²) in [5.74, 6) is -0.317. The van der Waals surface area contributed by atoms with Crippen LogP contribution in [-0.4, -0.2) is 53.7 Å². The van der Waals surface area contributed by atoms with Crippen molar-refractivity contribution >= 4 is 17.5 Å². The summed E-state index contributed by atoms with van der Waals surface area (Å²) < 4.78 is 0. The first-order valence-corrected chi connectivity index (χ1v) is 6.43. The van der Waals surface area contributed by atoms with Crippen LogP contribution in [0.1, 0.15) is 23.7 Å². The molecule has 1 unspecified atom stereocenters. The summed E-state index contributed by atoms with van der Waals surface area (Å²) in [6.07, 6.45) is 2.41. The lowest BCUT2D eigenvalue weighted by Gasteiger charge is -2.30. The third-order valence-electron chi connectivity index (χ3n) is 3.46. The molecule has 104 valence electrons. The fraction of sp³-hybridized carbons (Fsp3) is 0.538. The minimum atomic E-state index is -1.01. The van der Waals surface area contributed by atoms with Crippen LogP contribution in [0, 0.1) is 0 Å². The molecule has 1 saturated heterocycles. The SMILES string of the molecule is CC1CN(C)CCCN1c1ncc(C(=O)O)cc1N. The van der Waals surface area contributed by atoms with E-state index >= 15 is 0 Å². The van der Waals surface area contributed by atoms with Crippen molar-refractivity contribution in [2.45, 2.75) is 19.4 Å². The highest BCUT2D eigenvalue weighted by atomic mass is 16.4.